The third-order valence-corrected chi connectivity index (χ3v) is 6.95. The maximum Gasteiger partial charge on any atom is 0.247 e. The van der Waals surface area contributed by atoms with Gasteiger partial charge >= 0.3 is 0 Å². The molecule has 2 atom stereocenters. The highest BCUT2D eigenvalue weighted by Crippen LogP contribution is 2.24. The molecule has 1 aromatic carbocycles. The minimum Gasteiger partial charge on any atom is -0.383 e. The largest absolute Gasteiger partial charge is 0.383 e. The SMILES string of the molecule is COC[C@@H]1C(C=O)N(Cc2ccc3c(N)ncnc3c2)CCN1C(=O)C=Cc1cc(Cl)cs1. The highest BCUT2D eigenvalue weighted by Gasteiger charge is 2.38. The number of amides is 1. The van der Waals surface area contributed by atoms with Gasteiger partial charge in [-0.05, 0) is 29.8 Å². The molecule has 172 valence electrons. The first-order valence-corrected chi connectivity index (χ1v) is 11.7. The zero-order valence-corrected chi connectivity index (χ0v) is 19.6. The van der Waals surface area contributed by atoms with Gasteiger partial charge < -0.3 is 20.2 Å². The molecule has 0 saturated carbocycles. The third-order valence-electron chi connectivity index (χ3n) is 5.70. The number of rotatable bonds is 7. The number of anilines is 1. The Labute approximate surface area is 200 Å². The number of thiophene rings is 1. The van der Waals surface area contributed by atoms with Gasteiger partial charge in [-0.15, -0.1) is 11.3 Å². The molecule has 3 aromatic rings. The van der Waals surface area contributed by atoms with Crippen LogP contribution in [0.25, 0.3) is 17.0 Å². The van der Waals surface area contributed by atoms with Crippen LogP contribution in [0.1, 0.15) is 10.4 Å². The van der Waals surface area contributed by atoms with Crippen molar-refractivity contribution >= 4 is 57.9 Å². The van der Waals surface area contributed by atoms with Crippen molar-refractivity contribution in [2.45, 2.75) is 18.6 Å². The number of methoxy groups -OCH3 is 1. The van der Waals surface area contributed by atoms with Crippen LogP contribution in [-0.4, -0.2) is 70.9 Å². The monoisotopic (exact) mass is 485 g/mol. The second-order valence-corrected chi connectivity index (χ2v) is 9.14. The van der Waals surface area contributed by atoms with E-state index >= 15 is 0 Å². The molecule has 1 amide bonds. The first-order chi connectivity index (χ1) is 16.0. The summed E-state index contributed by atoms with van der Waals surface area (Å²) in [5.41, 5.74) is 7.67. The fraction of sp³-hybridized carbons (Fsp3) is 0.304. The normalized spacial score (nSPS) is 19.4. The Morgan fingerprint density at radius 1 is 1.33 bits per heavy atom. The standard InChI is InChI=1S/C23H24ClN5O3S/c1-32-12-21-20(11-30)28(10-15-2-4-18-19(8-15)26-14-27-23(18)25)6-7-29(21)22(31)5-3-17-9-16(24)13-33-17/h2-5,8-9,11,13-14,20-21H,6-7,10,12H2,1H3,(H2,25,26,27)/t20?,21-/m1/s1. The second kappa shape index (κ2) is 10.4. The molecule has 0 radical (unpaired) electrons. The number of piperazine rings is 1. The lowest BCUT2D eigenvalue weighted by molar-refractivity contribution is -0.138. The molecule has 3 heterocycles. The predicted octanol–water partition coefficient (Wildman–Crippen LogP) is 2.87. The average molecular weight is 486 g/mol. The Bertz CT molecular complexity index is 1180. The number of hydrogen-bond acceptors (Lipinski definition) is 8. The Balaban J connectivity index is 1.52. The quantitative estimate of drug-likeness (QED) is 0.405. The number of carbonyl (C=O) groups is 2. The summed E-state index contributed by atoms with van der Waals surface area (Å²) in [4.78, 5) is 38.1. The van der Waals surface area contributed by atoms with E-state index in [1.54, 1.807) is 24.2 Å². The lowest BCUT2D eigenvalue weighted by atomic mass is 10.0. The molecule has 0 spiro atoms. The van der Waals surface area contributed by atoms with Gasteiger partial charge in [0, 0.05) is 48.5 Å². The molecule has 4 rings (SSSR count). The molecule has 2 aromatic heterocycles. The second-order valence-electron chi connectivity index (χ2n) is 7.76. The van der Waals surface area contributed by atoms with Crippen molar-refractivity contribution < 1.29 is 14.3 Å². The lowest BCUT2D eigenvalue weighted by Gasteiger charge is -2.45. The summed E-state index contributed by atoms with van der Waals surface area (Å²) in [6, 6.07) is 6.71. The van der Waals surface area contributed by atoms with Crippen molar-refractivity contribution in [2.24, 2.45) is 0 Å². The van der Waals surface area contributed by atoms with Gasteiger partial charge in [-0.25, -0.2) is 9.97 Å². The van der Waals surface area contributed by atoms with E-state index in [1.807, 2.05) is 23.6 Å². The third kappa shape index (κ3) is 5.22. The highest BCUT2D eigenvalue weighted by atomic mass is 35.5. The summed E-state index contributed by atoms with van der Waals surface area (Å²) >= 11 is 7.42. The zero-order chi connectivity index (χ0) is 23.4. The summed E-state index contributed by atoms with van der Waals surface area (Å²) in [6.07, 6.45) is 5.60. The van der Waals surface area contributed by atoms with Crippen LogP contribution in [0.5, 0.6) is 0 Å². The Hall–Kier alpha value is -2.85. The molecule has 1 saturated heterocycles. The van der Waals surface area contributed by atoms with E-state index in [4.69, 9.17) is 22.1 Å². The highest BCUT2D eigenvalue weighted by molar-refractivity contribution is 7.11. The average Bonchev–Trinajstić information content (AvgIpc) is 3.23. The van der Waals surface area contributed by atoms with Crippen molar-refractivity contribution in [3.8, 4) is 0 Å². The number of carbonyl (C=O) groups excluding carboxylic acids is 2. The van der Waals surface area contributed by atoms with E-state index < -0.39 is 12.1 Å². The molecule has 0 bridgehead atoms. The number of aromatic nitrogens is 2. The molecule has 2 N–H and O–H groups in total. The first kappa shape index (κ1) is 23.3. The first-order valence-electron chi connectivity index (χ1n) is 10.4. The van der Waals surface area contributed by atoms with Gasteiger partial charge in [-0.3, -0.25) is 9.69 Å². The van der Waals surface area contributed by atoms with Gasteiger partial charge in [0.1, 0.15) is 18.4 Å². The van der Waals surface area contributed by atoms with Crippen molar-refractivity contribution in [1.29, 1.82) is 0 Å². The van der Waals surface area contributed by atoms with Gasteiger partial charge in [0.05, 0.1) is 29.2 Å². The van der Waals surface area contributed by atoms with Crippen molar-refractivity contribution in [1.82, 2.24) is 19.8 Å². The van der Waals surface area contributed by atoms with Crippen LogP contribution >= 0.6 is 22.9 Å². The Kier molecular flexibility index (Phi) is 7.34. The van der Waals surface area contributed by atoms with Crippen LogP contribution < -0.4 is 5.73 Å². The molecule has 33 heavy (non-hydrogen) atoms. The maximum atomic E-state index is 13.0. The van der Waals surface area contributed by atoms with Crippen LogP contribution in [-0.2, 0) is 20.9 Å². The van der Waals surface area contributed by atoms with E-state index in [-0.39, 0.29) is 12.5 Å². The molecule has 8 nitrogen and oxygen atoms in total. The smallest absolute Gasteiger partial charge is 0.247 e. The van der Waals surface area contributed by atoms with Gasteiger partial charge in [-0.1, -0.05) is 17.7 Å². The molecular weight excluding hydrogens is 462 g/mol. The zero-order valence-electron chi connectivity index (χ0n) is 18.1. The molecular formula is C23H24ClN5O3S. The van der Waals surface area contributed by atoms with Crippen LogP contribution in [0, 0.1) is 0 Å². The van der Waals surface area contributed by atoms with E-state index in [1.165, 1.54) is 23.7 Å². The fourth-order valence-electron chi connectivity index (χ4n) is 4.09. The number of hydrogen-bond donors (Lipinski definition) is 1. The van der Waals surface area contributed by atoms with Gasteiger partial charge in [0.15, 0.2) is 0 Å². The van der Waals surface area contributed by atoms with E-state index in [2.05, 4.69) is 14.9 Å². The summed E-state index contributed by atoms with van der Waals surface area (Å²) in [7, 11) is 1.57. The summed E-state index contributed by atoms with van der Waals surface area (Å²) < 4.78 is 5.38. The van der Waals surface area contributed by atoms with Gasteiger partial charge in [0.2, 0.25) is 5.91 Å². The Morgan fingerprint density at radius 3 is 2.91 bits per heavy atom. The van der Waals surface area contributed by atoms with Crippen molar-refractivity contribution in [3.63, 3.8) is 0 Å². The molecule has 1 fully saturated rings. The lowest BCUT2D eigenvalue weighted by Crippen LogP contribution is -2.62. The number of benzene rings is 1. The van der Waals surface area contributed by atoms with E-state index in [0.717, 1.165) is 27.6 Å². The number of halogens is 1. The topological polar surface area (TPSA) is 102 Å². The van der Waals surface area contributed by atoms with Crippen LogP contribution in [0.2, 0.25) is 5.02 Å². The van der Waals surface area contributed by atoms with Gasteiger partial charge in [-0.2, -0.15) is 0 Å². The molecule has 1 aliphatic rings. The summed E-state index contributed by atoms with van der Waals surface area (Å²) in [5, 5.41) is 3.25. The minimum absolute atomic E-state index is 0.161. The number of fused-ring (bicyclic) bond motifs is 1. The molecule has 0 aliphatic carbocycles. The summed E-state index contributed by atoms with van der Waals surface area (Å²) in [5.74, 6) is 0.272. The number of nitrogen functional groups attached to an aromatic ring is 1. The molecule has 10 heteroatoms. The molecule has 1 unspecified atom stereocenters. The van der Waals surface area contributed by atoms with Crippen LogP contribution in [0.15, 0.2) is 42.0 Å². The predicted molar refractivity (Wildman–Crippen MR) is 130 cm³/mol. The number of nitrogens with two attached hydrogens (primary N) is 1. The minimum atomic E-state index is -0.501. The number of ether oxygens (including phenoxy) is 1. The Morgan fingerprint density at radius 2 is 2.18 bits per heavy atom. The number of aldehydes is 1. The van der Waals surface area contributed by atoms with Crippen LogP contribution in [0.3, 0.4) is 0 Å². The van der Waals surface area contributed by atoms with E-state index in [9.17, 15) is 9.59 Å². The van der Waals surface area contributed by atoms with Gasteiger partial charge in [0.25, 0.3) is 0 Å². The molecule has 1 aliphatic heterocycles. The van der Waals surface area contributed by atoms with Crippen molar-refractivity contribution in [3.05, 3.63) is 57.5 Å². The summed E-state index contributed by atoms with van der Waals surface area (Å²) in [6.45, 7) is 1.83. The van der Waals surface area contributed by atoms with Crippen molar-refractivity contribution in [2.75, 3.05) is 32.5 Å². The van der Waals surface area contributed by atoms with E-state index in [0.29, 0.717) is 30.5 Å². The fourth-order valence-corrected chi connectivity index (χ4v) is 5.07. The number of nitrogens with zero attached hydrogens (tertiary/aromatic N) is 4. The maximum absolute atomic E-state index is 13.0. The van der Waals surface area contributed by atoms with Crippen LogP contribution in [0.4, 0.5) is 5.82 Å².